The number of halogens is 3. The van der Waals surface area contributed by atoms with Crippen molar-refractivity contribution in [2.45, 2.75) is 19.3 Å². The largest absolute Gasteiger partial charge is 0.354 e. The average Bonchev–Trinajstić information content (AvgIpc) is 2.28. The Kier molecular flexibility index (Phi) is 5.31. The molecule has 0 aliphatic carbocycles. The van der Waals surface area contributed by atoms with E-state index in [1.165, 1.54) is 21.1 Å². The molecule has 0 fully saturated rings. The van der Waals surface area contributed by atoms with E-state index < -0.39 is 41.3 Å². The number of carbonyl (C=O) groups is 1. The topological polar surface area (TPSA) is 47.6 Å². The third kappa shape index (κ3) is 3.68. The lowest BCUT2D eigenvalue weighted by Crippen LogP contribution is -2.43. The highest BCUT2D eigenvalue weighted by atomic mass is 19.1. The maximum atomic E-state index is 13.4. The van der Waals surface area contributed by atoms with Crippen LogP contribution in [0.3, 0.4) is 0 Å². The highest BCUT2D eigenvalue weighted by molar-refractivity contribution is 5.94. The average molecular weight is 277 g/mol. The lowest BCUT2D eigenvalue weighted by molar-refractivity contribution is -0.117. The number of methoxy groups -OCH3 is 2. The maximum absolute atomic E-state index is 13.4. The molecule has 19 heavy (non-hydrogen) atoms. The Hall–Kier alpha value is -1.60. The van der Waals surface area contributed by atoms with Gasteiger partial charge in [0.25, 0.3) is 5.91 Å². The number of hydrogen-bond acceptors (Lipinski definition) is 3. The van der Waals surface area contributed by atoms with Gasteiger partial charge in [-0.3, -0.25) is 4.79 Å². The van der Waals surface area contributed by atoms with Gasteiger partial charge in [-0.2, -0.15) is 0 Å². The summed E-state index contributed by atoms with van der Waals surface area (Å²) < 4.78 is 49.3. The molecule has 1 amide bonds. The van der Waals surface area contributed by atoms with Gasteiger partial charge < -0.3 is 14.8 Å². The maximum Gasteiger partial charge on any atom is 0.257 e. The second-order valence-corrected chi connectivity index (χ2v) is 3.85. The van der Waals surface area contributed by atoms with Crippen molar-refractivity contribution in [3.63, 3.8) is 0 Å². The zero-order chi connectivity index (χ0) is 14.6. The Morgan fingerprint density at radius 2 is 1.63 bits per heavy atom. The second kappa shape index (κ2) is 6.53. The number of amides is 1. The minimum Gasteiger partial charge on any atom is -0.354 e. The summed E-state index contributed by atoms with van der Waals surface area (Å²) >= 11 is 0. The Balaban J connectivity index is 2.90. The summed E-state index contributed by atoms with van der Waals surface area (Å²) in [6.07, 6.45) is -0.768. The van der Waals surface area contributed by atoms with Crippen LogP contribution < -0.4 is 5.32 Å². The van der Waals surface area contributed by atoms with Gasteiger partial charge in [0.1, 0.15) is 23.0 Å². The van der Waals surface area contributed by atoms with Crippen molar-refractivity contribution in [3.05, 3.63) is 35.1 Å². The van der Waals surface area contributed by atoms with E-state index in [2.05, 4.69) is 5.32 Å². The number of benzene rings is 1. The first-order chi connectivity index (χ1) is 8.90. The molecule has 0 saturated heterocycles. The molecule has 0 radical (unpaired) electrons. The van der Waals surface area contributed by atoms with E-state index in [1.807, 2.05) is 0 Å². The zero-order valence-electron chi connectivity index (χ0n) is 10.7. The van der Waals surface area contributed by atoms with Gasteiger partial charge in [-0.1, -0.05) is 0 Å². The molecule has 1 N–H and O–H groups in total. The van der Waals surface area contributed by atoms with Crippen LogP contribution >= 0.6 is 0 Å². The van der Waals surface area contributed by atoms with Crippen molar-refractivity contribution in [2.75, 3.05) is 14.2 Å². The van der Waals surface area contributed by atoms with Gasteiger partial charge in [-0.25, -0.2) is 13.2 Å². The Morgan fingerprint density at radius 1 is 1.16 bits per heavy atom. The molecule has 0 heterocycles. The SMILES string of the molecule is COC(OC)C(C)NC(=O)c1c(F)cc(F)cc1F. The van der Waals surface area contributed by atoms with Crippen LogP contribution in [0.1, 0.15) is 17.3 Å². The molecule has 1 unspecified atom stereocenters. The van der Waals surface area contributed by atoms with E-state index >= 15 is 0 Å². The predicted molar refractivity (Wildman–Crippen MR) is 61.1 cm³/mol. The van der Waals surface area contributed by atoms with Gasteiger partial charge in [0.2, 0.25) is 0 Å². The van der Waals surface area contributed by atoms with Crippen LogP contribution in [0.5, 0.6) is 0 Å². The molecule has 4 nitrogen and oxygen atoms in total. The lowest BCUT2D eigenvalue weighted by atomic mass is 10.1. The molecule has 0 saturated carbocycles. The van der Waals surface area contributed by atoms with Crippen LogP contribution in [0.4, 0.5) is 13.2 Å². The summed E-state index contributed by atoms with van der Waals surface area (Å²) in [4.78, 5) is 11.7. The van der Waals surface area contributed by atoms with E-state index in [1.54, 1.807) is 0 Å². The number of hydrogen-bond donors (Lipinski definition) is 1. The Labute approximate surface area is 108 Å². The van der Waals surface area contributed by atoms with Gasteiger partial charge in [0.15, 0.2) is 6.29 Å². The second-order valence-electron chi connectivity index (χ2n) is 3.85. The summed E-state index contributed by atoms with van der Waals surface area (Å²) in [6.45, 7) is 1.54. The first-order valence-corrected chi connectivity index (χ1v) is 5.41. The Bertz CT molecular complexity index is 441. The third-order valence-electron chi connectivity index (χ3n) is 2.47. The molecule has 0 bridgehead atoms. The fourth-order valence-corrected chi connectivity index (χ4v) is 1.61. The summed E-state index contributed by atoms with van der Waals surface area (Å²) in [5, 5.41) is 2.31. The van der Waals surface area contributed by atoms with Crippen LogP contribution in [0.25, 0.3) is 0 Å². The minimum absolute atomic E-state index is 0.437. The van der Waals surface area contributed by atoms with E-state index in [9.17, 15) is 18.0 Å². The molecule has 0 spiro atoms. The number of carbonyl (C=O) groups excluding carboxylic acids is 1. The first kappa shape index (κ1) is 15.5. The number of ether oxygens (including phenoxy) is 2. The third-order valence-corrected chi connectivity index (χ3v) is 2.47. The summed E-state index contributed by atoms with van der Waals surface area (Å²) in [6, 6.07) is 0.228. The standard InChI is InChI=1S/C12H14F3NO3/c1-6(12(18-2)19-3)16-11(17)10-8(14)4-7(13)5-9(10)15/h4-6,12H,1-3H3,(H,16,17). The van der Waals surface area contributed by atoms with Crippen molar-refractivity contribution in [1.29, 1.82) is 0 Å². The van der Waals surface area contributed by atoms with Crippen molar-refractivity contribution in [2.24, 2.45) is 0 Å². The van der Waals surface area contributed by atoms with Crippen molar-refractivity contribution >= 4 is 5.91 Å². The quantitative estimate of drug-likeness (QED) is 0.835. The fraction of sp³-hybridized carbons (Fsp3) is 0.417. The smallest absolute Gasteiger partial charge is 0.257 e. The molecule has 1 aromatic carbocycles. The fourth-order valence-electron chi connectivity index (χ4n) is 1.61. The molecule has 1 rings (SSSR count). The highest BCUT2D eigenvalue weighted by Crippen LogP contribution is 2.15. The lowest BCUT2D eigenvalue weighted by Gasteiger charge is -2.22. The number of rotatable bonds is 5. The molecule has 0 aliphatic rings. The first-order valence-electron chi connectivity index (χ1n) is 5.41. The monoisotopic (exact) mass is 277 g/mol. The van der Waals surface area contributed by atoms with Crippen LogP contribution in [-0.2, 0) is 9.47 Å². The summed E-state index contributed by atoms with van der Waals surface area (Å²) in [5.74, 6) is -4.64. The van der Waals surface area contributed by atoms with Crippen LogP contribution in [0, 0.1) is 17.5 Å². The van der Waals surface area contributed by atoms with E-state index in [0.717, 1.165) is 0 Å². The van der Waals surface area contributed by atoms with E-state index in [0.29, 0.717) is 12.1 Å². The Morgan fingerprint density at radius 3 is 2.05 bits per heavy atom. The molecule has 1 atom stereocenters. The minimum atomic E-state index is -1.27. The highest BCUT2D eigenvalue weighted by Gasteiger charge is 2.23. The summed E-state index contributed by atoms with van der Waals surface area (Å²) in [5.41, 5.74) is -0.848. The zero-order valence-corrected chi connectivity index (χ0v) is 10.7. The van der Waals surface area contributed by atoms with Crippen molar-refractivity contribution in [3.8, 4) is 0 Å². The van der Waals surface area contributed by atoms with Gasteiger partial charge in [-0.15, -0.1) is 0 Å². The molecule has 0 aliphatic heterocycles. The van der Waals surface area contributed by atoms with Gasteiger partial charge >= 0.3 is 0 Å². The predicted octanol–water partition coefficient (Wildman–Crippen LogP) is 1.84. The molecular formula is C12H14F3NO3. The van der Waals surface area contributed by atoms with Crippen LogP contribution in [0.15, 0.2) is 12.1 Å². The van der Waals surface area contributed by atoms with Gasteiger partial charge in [0, 0.05) is 26.4 Å². The molecule has 7 heteroatoms. The van der Waals surface area contributed by atoms with Gasteiger partial charge in [-0.05, 0) is 6.92 Å². The van der Waals surface area contributed by atoms with Crippen LogP contribution in [-0.4, -0.2) is 32.5 Å². The van der Waals surface area contributed by atoms with Gasteiger partial charge in [0.05, 0.1) is 6.04 Å². The molecule has 106 valence electrons. The molecule has 0 aromatic heterocycles. The van der Waals surface area contributed by atoms with Crippen molar-refractivity contribution in [1.82, 2.24) is 5.32 Å². The summed E-state index contributed by atoms with van der Waals surface area (Å²) in [7, 11) is 2.71. The van der Waals surface area contributed by atoms with E-state index in [-0.39, 0.29) is 0 Å². The van der Waals surface area contributed by atoms with E-state index in [4.69, 9.17) is 9.47 Å². The number of nitrogens with one attached hydrogen (secondary N) is 1. The normalized spacial score (nSPS) is 12.6. The molecule has 1 aromatic rings. The van der Waals surface area contributed by atoms with Crippen molar-refractivity contribution < 1.29 is 27.4 Å². The van der Waals surface area contributed by atoms with Crippen LogP contribution in [0.2, 0.25) is 0 Å². The molecular weight excluding hydrogens is 263 g/mol.